The average molecular weight is 242 g/mol. The SMILES string of the molecule is CCNC(CCN(C)CC(C)CC)C(C)(C)C. The molecule has 0 rings (SSSR count). The molecule has 0 saturated carbocycles. The predicted molar refractivity (Wildman–Crippen MR) is 78.5 cm³/mol. The molecular formula is C15H34N2. The first-order chi connectivity index (χ1) is 7.81. The van der Waals surface area contributed by atoms with Gasteiger partial charge in [-0.3, -0.25) is 0 Å². The Labute approximate surface area is 109 Å². The molecule has 0 aliphatic rings. The van der Waals surface area contributed by atoms with Crippen LogP contribution in [0.4, 0.5) is 0 Å². The smallest absolute Gasteiger partial charge is 0.0128 e. The first-order valence-electron chi connectivity index (χ1n) is 7.23. The van der Waals surface area contributed by atoms with Crippen LogP contribution in [0.5, 0.6) is 0 Å². The van der Waals surface area contributed by atoms with Crippen LogP contribution in [0.25, 0.3) is 0 Å². The second kappa shape index (κ2) is 8.10. The molecule has 17 heavy (non-hydrogen) atoms. The van der Waals surface area contributed by atoms with Gasteiger partial charge in [0.05, 0.1) is 0 Å². The zero-order valence-electron chi connectivity index (χ0n) is 13.1. The van der Waals surface area contributed by atoms with Crippen molar-refractivity contribution in [1.82, 2.24) is 10.2 Å². The molecule has 0 aromatic rings. The highest BCUT2D eigenvalue weighted by Crippen LogP contribution is 2.22. The number of nitrogens with one attached hydrogen (secondary N) is 1. The first-order valence-corrected chi connectivity index (χ1v) is 7.23. The molecular weight excluding hydrogens is 208 g/mol. The van der Waals surface area contributed by atoms with Crippen molar-refractivity contribution in [1.29, 1.82) is 0 Å². The third-order valence-corrected chi connectivity index (χ3v) is 3.62. The molecule has 0 aliphatic heterocycles. The molecule has 0 bridgehead atoms. The molecule has 0 saturated heterocycles. The van der Waals surface area contributed by atoms with Gasteiger partial charge in [-0.2, -0.15) is 0 Å². The molecule has 0 radical (unpaired) electrons. The summed E-state index contributed by atoms with van der Waals surface area (Å²) in [7, 11) is 2.25. The maximum absolute atomic E-state index is 3.62. The van der Waals surface area contributed by atoms with Crippen molar-refractivity contribution in [3.63, 3.8) is 0 Å². The van der Waals surface area contributed by atoms with Gasteiger partial charge in [-0.05, 0) is 37.9 Å². The van der Waals surface area contributed by atoms with Gasteiger partial charge in [0.1, 0.15) is 0 Å². The summed E-state index contributed by atoms with van der Waals surface area (Å²) >= 11 is 0. The average Bonchev–Trinajstić information content (AvgIpc) is 2.22. The van der Waals surface area contributed by atoms with E-state index < -0.39 is 0 Å². The monoisotopic (exact) mass is 242 g/mol. The van der Waals surface area contributed by atoms with Crippen LogP contribution in [-0.4, -0.2) is 37.6 Å². The first kappa shape index (κ1) is 16.9. The summed E-state index contributed by atoms with van der Waals surface area (Å²) in [6, 6.07) is 0.617. The summed E-state index contributed by atoms with van der Waals surface area (Å²) in [5.41, 5.74) is 0.354. The van der Waals surface area contributed by atoms with Gasteiger partial charge in [0, 0.05) is 12.6 Å². The maximum atomic E-state index is 3.62. The highest BCUT2D eigenvalue weighted by molar-refractivity contribution is 4.80. The lowest BCUT2D eigenvalue weighted by Crippen LogP contribution is -2.42. The largest absolute Gasteiger partial charge is 0.314 e. The molecule has 2 nitrogen and oxygen atoms in total. The van der Waals surface area contributed by atoms with Crippen LogP contribution in [0.15, 0.2) is 0 Å². The zero-order valence-corrected chi connectivity index (χ0v) is 13.1. The van der Waals surface area contributed by atoms with E-state index in [-0.39, 0.29) is 0 Å². The van der Waals surface area contributed by atoms with Crippen molar-refractivity contribution in [2.24, 2.45) is 11.3 Å². The van der Waals surface area contributed by atoms with Gasteiger partial charge in [-0.15, -0.1) is 0 Å². The fraction of sp³-hybridized carbons (Fsp3) is 1.00. The van der Waals surface area contributed by atoms with E-state index in [0.717, 1.165) is 12.5 Å². The Morgan fingerprint density at radius 1 is 1.18 bits per heavy atom. The minimum absolute atomic E-state index is 0.354. The zero-order chi connectivity index (χ0) is 13.5. The van der Waals surface area contributed by atoms with Crippen LogP contribution < -0.4 is 5.32 Å². The molecule has 0 amide bonds. The van der Waals surface area contributed by atoms with Gasteiger partial charge in [0.2, 0.25) is 0 Å². The summed E-state index contributed by atoms with van der Waals surface area (Å²) in [5, 5.41) is 3.62. The van der Waals surface area contributed by atoms with Gasteiger partial charge in [0.15, 0.2) is 0 Å². The summed E-state index contributed by atoms with van der Waals surface area (Å²) < 4.78 is 0. The van der Waals surface area contributed by atoms with E-state index in [2.05, 4.69) is 58.8 Å². The molecule has 0 heterocycles. The minimum atomic E-state index is 0.354. The Balaban J connectivity index is 4.04. The predicted octanol–water partition coefficient (Wildman–Crippen LogP) is 3.38. The highest BCUT2D eigenvalue weighted by atomic mass is 15.1. The fourth-order valence-corrected chi connectivity index (χ4v) is 2.19. The van der Waals surface area contributed by atoms with Crippen molar-refractivity contribution in [2.45, 2.75) is 60.4 Å². The topological polar surface area (TPSA) is 15.3 Å². The lowest BCUT2D eigenvalue weighted by Gasteiger charge is -2.33. The van der Waals surface area contributed by atoms with E-state index in [4.69, 9.17) is 0 Å². The normalized spacial score (nSPS) is 16.2. The van der Waals surface area contributed by atoms with Crippen LogP contribution in [0.2, 0.25) is 0 Å². The molecule has 0 aromatic carbocycles. The van der Waals surface area contributed by atoms with E-state index in [1.54, 1.807) is 0 Å². The molecule has 0 aromatic heterocycles. The third kappa shape index (κ3) is 7.77. The van der Waals surface area contributed by atoms with Gasteiger partial charge in [0.25, 0.3) is 0 Å². The van der Waals surface area contributed by atoms with E-state index in [9.17, 15) is 0 Å². The third-order valence-electron chi connectivity index (χ3n) is 3.62. The van der Waals surface area contributed by atoms with Crippen molar-refractivity contribution in [3.05, 3.63) is 0 Å². The second-order valence-corrected chi connectivity index (χ2v) is 6.54. The lowest BCUT2D eigenvalue weighted by atomic mass is 9.84. The van der Waals surface area contributed by atoms with Crippen LogP contribution in [0.3, 0.4) is 0 Å². The van der Waals surface area contributed by atoms with E-state index >= 15 is 0 Å². The quantitative estimate of drug-likeness (QED) is 0.702. The molecule has 104 valence electrons. The lowest BCUT2D eigenvalue weighted by molar-refractivity contribution is 0.211. The Morgan fingerprint density at radius 3 is 2.18 bits per heavy atom. The van der Waals surface area contributed by atoms with Gasteiger partial charge in [-0.25, -0.2) is 0 Å². The molecule has 0 aliphatic carbocycles. The van der Waals surface area contributed by atoms with Crippen LogP contribution >= 0.6 is 0 Å². The Bertz CT molecular complexity index is 184. The summed E-state index contributed by atoms with van der Waals surface area (Å²) in [4.78, 5) is 2.48. The summed E-state index contributed by atoms with van der Waals surface area (Å²) in [6.07, 6.45) is 2.52. The van der Waals surface area contributed by atoms with E-state index in [0.29, 0.717) is 11.5 Å². The summed E-state index contributed by atoms with van der Waals surface area (Å²) in [5.74, 6) is 0.812. The van der Waals surface area contributed by atoms with Crippen LogP contribution in [0.1, 0.15) is 54.4 Å². The van der Waals surface area contributed by atoms with Crippen molar-refractivity contribution in [2.75, 3.05) is 26.7 Å². The van der Waals surface area contributed by atoms with E-state index in [1.165, 1.54) is 25.9 Å². The molecule has 2 unspecified atom stereocenters. The van der Waals surface area contributed by atoms with Crippen LogP contribution in [-0.2, 0) is 0 Å². The van der Waals surface area contributed by atoms with Gasteiger partial charge < -0.3 is 10.2 Å². The van der Waals surface area contributed by atoms with Crippen molar-refractivity contribution in [3.8, 4) is 0 Å². The molecule has 1 N–H and O–H groups in total. The van der Waals surface area contributed by atoms with Crippen molar-refractivity contribution >= 4 is 0 Å². The standard InChI is InChI=1S/C15H34N2/c1-8-13(3)12-17(7)11-10-14(16-9-2)15(4,5)6/h13-14,16H,8-12H2,1-7H3. The summed E-state index contributed by atoms with van der Waals surface area (Å²) in [6.45, 7) is 17.3. The van der Waals surface area contributed by atoms with Crippen molar-refractivity contribution < 1.29 is 0 Å². The number of hydrogen-bond acceptors (Lipinski definition) is 2. The molecule has 0 fully saturated rings. The van der Waals surface area contributed by atoms with E-state index in [1.807, 2.05) is 0 Å². The highest BCUT2D eigenvalue weighted by Gasteiger charge is 2.23. The second-order valence-electron chi connectivity index (χ2n) is 6.54. The number of nitrogens with zero attached hydrogens (tertiary/aromatic N) is 1. The maximum Gasteiger partial charge on any atom is 0.0128 e. The number of hydrogen-bond donors (Lipinski definition) is 1. The Hall–Kier alpha value is -0.0800. The minimum Gasteiger partial charge on any atom is -0.314 e. The van der Waals surface area contributed by atoms with Crippen LogP contribution in [0, 0.1) is 11.3 Å². The molecule has 0 spiro atoms. The molecule has 2 heteroatoms. The van der Waals surface area contributed by atoms with Gasteiger partial charge >= 0.3 is 0 Å². The molecule has 2 atom stereocenters. The van der Waals surface area contributed by atoms with Gasteiger partial charge in [-0.1, -0.05) is 48.0 Å². The Kier molecular flexibility index (Phi) is 8.06. The number of rotatable bonds is 8. The Morgan fingerprint density at radius 2 is 1.76 bits per heavy atom. The fourth-order valence-electron chi connectivity index (χ4n) is 2.19.